The molecule has 9 heteroatoms. The molecular weight excluding hydrogens is 516 g/mol. The Morgan fingerprint density at radius 2 is 0.775 bits per heavy atom. The highest BCUT2D eigenvalue weighted by Crippen LogP contribution is 2.56. The highest BCUT2D eigenvalue weighted by atomic mass is 16.5. The van der Waals surface area contributed by atoms with Crippen molar-refractivity contribution in [1.82, 2.24) is 0 Å². The molecule has 2 aromatic carbocycles. The minimum Gasteiger partial charge on any atom is -0.468 e. The van der Waals surface area contributed by atoms with Crippen molar-refractivity contribution in [3.8, 4) is 0 Å². The quantitative estimate of drug-likeness (QED) is 0.417. The molecule has 0 saturated carbocycles. The van der Waals surface area contributed by atoms with E-state index >= 15 is 0 Å². The van der Waals surface area contributed by atoms with Gasteiger partial charge in [-0.25, -0.2) is 0 Å². The topological polar surface area (TPSA) is 138 Å². The Morgan fingerprint density at radius 3 is 1.00 bits per heavy atom. The third-order valence-electron chi connectivity index (χ3n) is 8.59. The monoisotopic (exact) mass is 538 g/mol. The zero-order valence-corrected chi connectivity index (χ0v) is 21.6. The number of hydrogen-bond acceptors (Lipinski definition) is 9. The van der Waals surface area contributed by atoms with Crippen LogP contribution in [0.1, 0.15) is 67.1 Å². The van der Waals surface area contributed by atoms with Crippen molar-refractivity contribution in [1.29, 1.82) is 0 Å². The van der Waals surface area contributed by atoms with Crippen LogP contribution in [0.15, 0.2) is 70.8 Å². The molecule has 4 aliphatic rings. The summed E-state index contributed by atoms with van der Waals surface area (Å²) in [7, 11) is 2.10. The molecule has 0 amide bonds. The molecule has 0 N–H and O–H groups in total. The molecule has 0 radical (unpaired) electrons. The molecule has 0 heterocycles. The van der Waals surface area contributed by atoms with E-state index < -0.39 is 77.4 Å². The van der Waals surface area contributed by atoms with Crippen LogP contribution in [0.4, 0.5) is 0 Å². The van der Waals surface area contributed by atoms with Crippen molar-refractivity contribution in [3.63, 3.8) is 0 Å². The summed E-state index contributed by atoms with van der Waals surface area (Å²) in [5.74, 6) is -5.33. The van der Waals surface area contributed by atoms with Crippen LogP contribution in [-0.4, -0.2) is 55.1 Å². The lowest BCUT2D eigenvalue weighted by Gasteiger charge is -2.34. The number of ketones is 5. The van der Waals surface area contributed by atoms with Crippen LogP contribution in [0, 0.1) is 10.8 Å². The number of rotatable bonds is 2. The van der Waals surface area contributed by atoms with E-state index in [-0.39, 0.29) is 44.5 Å². The number of carbonyl (C=O) groups is 7. The molecule has 6 rings (SSSR count). The Bertz CT molecular complexity index is 1480. The van der Waals surface area contributed by atoms with Crippen LogP contribution in [-0.2, 0) is 23.9 Å². The molecule has 40 heavy (non-hydrogen) atoms. The second-order valence-corrected chi connectivity index (χ2v) is 10.5. The lowest BCUT2D eigenvalue weighted by molar-refractivity contribution is -0.168. The lowest BCUT2D eigenvalue weighted by Crippen LogP contribution is -2.51. The summed E-state index contributed by atoms with van der Waals surface area (Å²) < 4.78 is 10.2. The van der Waals surface area contributed by atoms with Crippen molar-refractivity contribution < 1.29 is 43.0 Å². The number of hydrogen-bond donors (Lipinski definition) is 0. The molecule has 2 bridgehead atoms. The summed E-state index contributed by atoms with van der Waals surface area (Å²) in [6.07, 6.45) is -2.31. The number of carbonyl (C=O) groups excluding carboxylic acids is 7. The van der Waals surface area contributed by atoms with Crippen LogP contribution in [0.25, 0.3) is 0 Å². The summed E-state index contributed by atoms with van der Waals surface area (Å²) >= 11 is 0. The van der Waals surface area contributed by atoms with Gasteiger partial charge in [0.15, 0.2) is 28.9 Å². The zero-order chi connectivity index (χ0) is 28.6. The zero-order valence-electron chi connectivity index (χ0n) is 21.6. The smallest absolute Gasteiger partial charge is 0.320 e. The molecule has 0 spiro atoms. The molecule has 9 nitrogen and oxygen atoms in total. The summed E-state index contributed by atoms with van der Waals surface area (Å²) in [4.78, 5) is 97.0. The van der Waals surface area contributed by atoms with Gasteiger partial charge in [0.1, 0.15) is 10.8 Å². The van der Waals surface area contributed by atoms with Gasteiger partial charge in [-0.2, -0.15) is 0 Å². The van der Waals surface area contributed by atoms with Gasteiger partial charge < -0.3 is 9.47 Å². The predicted octanol–water partition coefficient (Wildman–Crippen LogP) is 3.21. The number of ether oxygens (including phenoxy) is 2. The second kappa shape index (κ2) is 8.61. The van der Waals surface area contributed by atoms with E-state index in [1.165, 1.54) is 24.3 Å². The Kier molecular flexibility index (Phi) is 5.48. The highest BCUT2D eigenvalue weighted by Gasteiger charge is 2.66. The second-order valence-electron chi connectivity index (χ2n) is 10.5. The van der Waals surface area contributed by atoms with E-state index in [9.17, 15) is 33.6 Å². The summed E-state index contributed by atoms with van der Waals surface area (Å²) in [5.41, 5.74) is -4.42. The maximum Gasteiger partial charge on any atom is 0.320 e. The van der Waals surface area contributed by atoms with Gasteiger partial charge in [-0.15, -0.1) is 0 Å². The Morgan fingerprint density at radius 1 is 0.525 bits per heavy atom. The Hall–Kier alpha value is -4.79. The molecule has 0 aliphatic heterocycles. The van der Waals surface area contributed by atoms with Crippen molar-refractivity contribution >= 4 is 40.9 Å². The third-order valence-corrected chi connectivity index (χ3v) is 8.59. The highest BCUT2D eigenvalue weighted by molar-refractivity contribution is 6.32. The van der Waals surface area contributed by atoms with Gasteiger partial charge in [0, 0.05) is 70.2 Å². The minimum absolute atomic E-state index is 0.0905. The minimum atomic E-state index is -2.25. The first kappa shape index (κ1) is 25.5. The van der Waals surface area contributed by atoms with E-state index in [4.69, 9.17) is 9.47 Å². The number of allylic oxidation sites excluding steroid dienone is 4. The maximum atomic E-state index is 14.7. The Labute approximate surface area is 227 Å². The summed E-state index contributed by atoms with van der Waals surface area (Å²) in [5, 5.41) is 0. The fourth-order valence-electron chi connectivity index (χ4n) is 6.68. The molecule has 4 aliphatic carbocycles. The molecule has 2 aromatic rings. The largest absolute Gasteiger partial charge is 0.468 e. The van der Waals surface area contributed by atoms with Gasteiger partial charge >= 0.3 is 11.9 Å². The maximum absolute atomic E-state index is 14.7. The SMILES string of the molecule is COC(=O)C12CC3=C(CC(C(=O)OC)(CC4=C(C1)C(=O)c1ccccc1C4=O)C2=O)C(=O)c1ccccc1C3=O. The standard InChI is InChI=1S/C31H22O9/c1-39-28(37)30-11-19-21(25(34)17-9-5-3-7-15(17)23(19)32)13-31(27(30)36,29(38)40-2)14-22-20(12-30)24(33)16-8-4-6-10-18(16)26(22)35/h3-10H,11-14H2,1-2H3. The van der Waals surface area contributed by atoms with Gasteiger partial charge in [-0.1, -0.05) is 48.5 Å². The van der Waals surface area contributed by atoms with Crippen LogP contribution >= 0.6 is 0 Å². The van der Waals surface area contributed by atoms with Crippen LogP contribution in [0.2, 0.25) is 0 Å². The van der Waals surface area contributed by atoms with Gasteiger partial charge in [0.05, 0.1) is 14.2 Å². The molecule has 0 atom stereocenters. The normalized spacial score (nSPS) is 25.3. The molecule has 0 unspecified atom stereocenters. The molecule has 200 valence electrons. The first-order valence-electron chi connectivity index (χ1n) is 12.6. The van der Waals surface area contributed by atoms with E-state index in [1.54, 1.807) is 24.3 Å². The average Bonchev–Trinajstić information content (AvgIpc) is 3.17. The van der Waals surface area contributed by atoms with E-state index in [1.807, 2.05) is 0 Å². The number of fused-ring (bicyclic) bond motifs is 4. The van der Waals surface area contributed by atoms with Gasteiger partial charge in [-0.05, 0) is 0 Å². The number of esters is 2. The first-order chi connectivity index (χ1) is 19.1. The van der Waals surface area contributed by atoms with Crippen molar-refractivity contribution in [2.24, 2.45) is 10.8 Å². The fourth-order valence-corrected chi connectivity index (χ4v) is 6.68. The van der Waals surface area contributed by atoms with Gasteiger partial charge in [-0.3, -0.25) is 33.6 Å². The van der Waals surface area contributed by atoms with Crippen molar-refractivity contribution in [2.45, 2.75) is 25.7 Å². The fraction of sp³-hybridized carbons (Fsp3) is 0.258. The number of Topliss-reactive ketones (excluding diaryl/α,β-unsaturated/α-hetero) is 5. The van der Waals surface area contributed by atoms with E-state index in [0.29, 0.717) is 0 Å². The number of methoxy groups -OCH3 is 2. The third kappa shape index (κ3) is 3.11. The molecular formula is C31H22O9. The number of benzene rings is 2. The average molecular weight is 539 g/mol. The summed E-state index contributed by atoms with van der Waals surface area (Å²) in [6, 6.07) is 12.3. The van der Waals surface area contributed by atoms with E-state index in [2.05, 4.69) is 0 Å². The van der Waals surface area contributed by atoms with Crippen LogP contribution < -0.4 is 0 Å². The van der Waals surface area contributed by atoms with Crippen LogP contribution in [0.5, 0.6) is 0 Å². The lowest BCUT2D eigenvalue weighted by atomic mass is 9.65. The van der Waals surface area contributed by atoms with Crippen LogP contribution in [0.3, 0.4) is 0 Å². The van der Waals surface area contributed by atoms with E-state index in [0.717, 1.165) is 14.2 Å². The molecule has 0 aromatic heterocycles. The van der Waals surface area contributed by atoms with Gasteiger partial charge in [0.25, 0.3) is 0 Å². The molecule has 0 saturated heterocycles. The predicted molar refractivity (Wildman–Crippen MR) is 137 cm³/mol. The summed E-state index contributed by atoms with van der Waals surface area (Å²) in [6.45, 7) is 0. The Balaban J connectivity index is 1.67. The molecule has 0 fully saturated rings. The first-order valence-corrected chi connectivity index (χ1v) is 12.6. The van der Waals surface area contributed by atoms with Gasteiger partial charge in [0.2, 0.25) is 0 Å². The van der Waals surface area contributed by atoms with Crippen molar-refractivity contribution in [3.05, 3.63) is 93.1 Å². The van der Waals surface area contributed by atoms with Crippen molar-refractivity contribution in [2.75, 3.05) is 14.2 Å².